The van der Waals surface area contributed by atoms with Gasteiger partial charge in [-0.3, -0.25) is 20.0 Å². The van der Waals surface area contributed by atoms with Gasteiger partial charge < -0.3 is 5.32 Å². The molecule has 0 fully saturated rings. The maximum absolute atomic E-state index is 13.4. The van der Waals surface area contributed by atoms with Gasteiger partial charge in [-0.1, -0.05) is 0 Å². The van der Waals surface area contributed by atoms with E-state index < -0.39 is 16.6 Å². The quantitative estimate of drug-likeness (QED) is 0.626. The topological polar surface area (TPSA) is 114 Å². The van der Waals surface area contributed by atoms with E-state index in [1.165, 1.54) is 0 Å². The predicted octanol–water partition coefficient (Wildman–Crippen LogP) is 1.10. The molecule has 92 valence electrons. The molecule has 0 saturated carbocycles. The number of amides is 1. The minimum atomic E-state index is -0.784. The van der Waals surface area contributed by atoms with E-state index in [4.69, 9.17) is 0 Å². The zero-order valence-electron chi connectivity index (χ0n) is 8.75. The molecule has 0 atom stereocenters. The van der Waals surface area contributed by atoms with Crippen LogP contribution < -0.4 is 5.32 Å². The number of nitrogens with zero attached hydrogens (tertiary/aromatic N) is 3. The smallest absolute Gasteiger partial charge is 0.293 e. The number of carbonyl (C=O) groups excluding carboxylic acids is 1. The summed E-state index contributed by atoms with van der Waals surface area (Å²) in [4.78, 5) is 24.9. The van der Waals surface area contributed by atoms with E-state index in [-0.39, 0.29) is 17.2 Å². The van der Waals surface area contributed by atoms with E-state index in [1.807, 2.05) is 0 Å². The van der Waals surface area contributed by atoms with Crippen molar-refractivity contribution in [3.63, 3.8) is 0 Å². The molecule has 1 aromatic carbocycles. The number of benzene rings is 1. The van der Waals surface area contributed by atoms with Crippen molar-refractivity contribution in [2.75, 3.05) is 5.32 Å². The Labute approximate surface area is 99.0 Å². The summed E-state index contributed by atoms with van der Waals surface area (Å²) < 4.78 is 13.4. The second-order valence-electron chi connectivity index (χ2n) is 3.21. The molecule has 8 nitrogen and oxygen atoms in total. The average Bonchev–Trinajstić information content (AvgIpc) is 2.85. The summed E-state index contributed by atoms with van der Waals surface area (Å²) in [6.45, 7) is 0. The lowest BCUT2D eigenvalue weighted by Gasteiger charge is -2.03. The first-order valence-corrected chi connectivity index (χ1v) is 4.68. The molecule has 18 heavy (non-hydrogen) atoms. The minimum Gasteiger partial charge on any atom is -0.317 e. The molecule has 1 amide bonds. The highest BCUT2D eigenvalue weighted by atomic mass is 19.1. The molecule has 0 bridgehead atoms. The van der Waals surface area contributed by atoms with Crippen LogP contribution in [0.15, 0.2) is 24.5 Å². The van der Waals surface area contributed by atoms with Gasteiger partial charge in [0.05, 0.1) is 10.6 Å². The van der Waals surface area contributed by atoms with Crippen LogP contribution >= 0.6 is 0 Å². The molecular weight excluding hydrogens is 245 g/mol. The Hall–Kier alpha value is -2.84. The Morgan fingerprint density at radius 1 is 1.50 bits per heavy atom. The van der Waals surface area contributed by atoms with Gasteiger partial charge in [-0.05, 0) is 6.07 Å². The second-order valence-corrected chi connectivity index (χ2v) is 3.21. The third-order valence-corrected chi connectivity index (χ3v) is 2.04. The van der Waals surface area contributed by atoms with Gasteiger partial charge in [0.25, 0.3) is 11.6 Å². The van der Waals surface area contributed by atoms with Gasteiger partial charge in [0, 0.05) is 12.1 Å². The minimum absolute atomic E-state index is 0.124. The lowest BCUT2D eigenvalue weighted by molar-refractivity contribution is -0.384. The number of carbonyl (C=O) groups is 1. The summed E-state index contributed by atoms with van der Waals surface area (Å²) in [5.41, 5.74) is -0.630. The first-order chi connectivity index (χ1) is 8.58. The highest BCUT2D eigenvalue weighted by Crippen LogP contribution is 2.21. The molecule has 0 aliphatic rings. The number of nitro benzene ring substituents is 1. The molecule has 2 N–H and O–H groups in total. The normalized spacial score (nSPS) is 10.1. The Bertz CT molecular complexity index is 598. The first-order valence-electron chi connectivity index (χ1n) is 4.68. The number of aromatic nitrogens is 3. The molecule has 1 aromatic heterocycles. The molecule has 0 saturated heterocycles. The fourth-order valence-electron chi connectivity index (χ4n) is 1.22. The lowest BCUT2D eigenvalue weighted by Crippen LogP contribution is -2.14. The van der Waals surface area contributed by atoms with E-state index in [0.29, 0.717) is 0 Å². The summed E-state index contributed by atoms with van der Waals surface area (Å²) >= 11 is 0. The zero-order valence-corrected chi connectivity index (χ0v) is 8.75. The van der Waals surface area contributed by atoms with Crippen LogP contribution in [-0.2, 0) is 0 Å². The number of nitrogens with one attached hydrogen (secondary N) is 2. The van der Waals surface area contributed by atoms with Gasteiger partial charge in [-0.25, -0.2) is 9.37 Å². The summed E-state index contributed by atoms with van der Waals surface area (Å²) in [6, 6.07) is 2.82. The standard InChI is InChI=1S/C9H6FN5O3/c10-6-2-1-5(15(17)18)3-7(6)13-9(16)8-11-4-12-14-8/h1-4H,(H,13,16)(H,11,12,14). The van der Waals surface area contributed by atoms with Crippen LogP contribution in [0.1, 0.15) is 10.6 Å². The largest absolute Gasteiger partial charge is 0.317 e. The van der Waals surface area contributed by atoms with Crippen LogP contribution in [0.25, 0.3) is 0 Å². The van der Waals surface area contributed by atoms with Crippen molar-refractivity contribution < 1.29 is 14.1 Å². The van der Waals surface area contributed by atoms with Gasteiger partial charge in [0.2, 0.25) is 5.82 Å². The molecule has 0 radical (unpaired) electrons. The Morgan fingerprint density at radius 2 is 2.28 bits per heavy atom. The maximum atomic E-state index is 13.4. The van der Waals surface area contributed by atoms with E-state index in [1.54, 1.807) is 0 Å². The summed E-state index contributed by atoms with van der Waals surface area (Å²) in [6.07, 6.45) is 1.11. The van der Waals surface area contributed by atoms with Gasteiger partial charge >= 0.3 is 0 Å². The molecule has 9 heteroatoms. The summed E-state index contributed by atoms with van der Waals surface area (Å²) in [5, 5.41) is 18.4. The molecule has 2 rings (SSSR count). The van der Waals surface area contributed by atoms with Crippen molar-refractivity contribution in [1.82, 2.24) is 15.2 Å². The fraction of sp³-hybridized carbons (Fsp3) is 0. The highest BCUT2D eigenvalue weighted by molar-refractivity contribution is 6.01. The molecule has 0 unspecified atom stereocenters. The Balaban J connectivity index is 2.26. The third-order valence-electron chi connectivity index (χ3n) is 2.04. The number of rotatable bonds is 3. The summed E-state index contributed by atoms with van der Waals surface area (Å²) in [5.74, 6) is -1.65. The van der Waals surface area contributed by atoms with Crippen LogP contribution in [0, 0.1) is 15.9 Å². The number of hydrogen-bond acceptors (Lipinski definition) is 5. The average molecular weight is 251 g/mol. The fourth-order valence-corrected chi connectivity index (χ4v) is 1.22. The van der Waals surface area contributed by atoms with E-state index >= 15 is 0 Å². The molecule has 1 heterocycles. The first kappa shape index (κ1) is 11.6. The molecule has 2 aromatic rings. The van der Waals surface area contributed by atoms with Gasteiger partial charge in [-0.15, -0.1) is 0 Å². The lowest BCUT2D eigenvalue weighted by atomic mass is 10.2. The number of nitro groups is 1. The van der Waals surface area contributed by atoms with Gasteiger partial charge in [0.1, 0.15) is 12.1 Å². The van der Waals surface area contributed by atoms with E-state index in [0.717, 1.165) is 24.5 Å². The number of non-ortho nitro benzene ring substituents is 1. The van der Waals surface area contributed by atoms with Crippen molar-refractivity contribution in [2.45, 2.75) is 0 Å². The Morgan fingerprint density at radius 3 is 2.89 bits per heavy atom. The second kappa shape index (κ2) is 4.57. The highest BCUT2D eigenvalue weighted by Gasteiger charge is 2.15. The number of hydrogen-bond donors (Lipinski definition) is 2. The molecule has 0 spiro atoms. The SMILES string of the molecule is O=C(Nc1cc([N+](=O)[O-])ccc1F)c1ncn[nH]1. The molecule has 0 aliphatic carbocycles. The van der Waals surface area contributed by atoms with Crippen LogP contribution in [0.3, 0.4) is 0 Å². The number of halogens is 1. The number of aromatic amines is 1. The van der Waals surface area contributed by atoms with Crippen LogP contribution in [-0.4, -0.2) is 26.0 Å². The monoisotopic (exact) mass is 251 g/mol. The van der Waals surface area contributed by atoms with Gasteiger partial charge in [-0.2, -0.15) is 5.10 Å². The van der Waals surface area contributed by atoms with Crippen LogP contribution in [0.5, 0.6) is 0 Å². The third kappa shape index (κ3) is 2.29. The van der Waals surface area contributed by atoms with E-state index in [9.17, 15) is 19.3 Å². The maximum Gasteiger partial charge on any atom is 0.293 e. The Kier molecular flexibility index (Phi) is 2.96. The van der Waals surface area contributed by atoms with Crippen molar-refractivity contribution >= 4 is 17.3 Å². The van der Waals surface area contributed by atoms with E-state index in [2.05, 4.69) is 20.5 Å². The van der Waals surface area contributed by atoms with Crippen molar-refractivity contribution in [1.29, 1.82) is 0 Å². The number of anilines is 1. The molecule has 0 aliphatic heterocycles. The van der Waals surface area contributed by atoms with Gasteiger partial charge in [0.15, 0.2) is 0 Å². The van der Waals surface area contributed by atoms with Crippen LogP contribution in [0.2, 0.25) is 0 Å². The number of H-pyrrole nitrogens is 1. The summed E-state index contributed by atoms with van der Waals surface area (Å²) in [7, 11) is 0. The molecular formula is C9H6FN5O3. The van der Waals surface area contributed by atoms with Crippen LogP contribution in [0.4, 0.5) is 15.8 Å². The zero-order chi connectivity index (χ0) is 13.1. The van der Waals surface area contributed by atoms with Crippen molar-refractivity contribution in [3.8, 4) is 0 Å². The van der Waals surface area contributed by atoms with Crippen molar-refractivity contribution in [2.24, 2.45) is 0 Å². The van der Waals surface area contributed by atoms with Crippen molar-refractivity contribution in [3.05, 3.63) is 46.3 Å². The predicted molar refractivity (Wildman–Crippen MR) is 57.4 cm³/mol.